The standard InChI is InChI=1S/C24H19N3O7S/c25-35(32,33)18-8-4-7-17(12-18)26-21(28)14-34-24(31)16-6-3-5-15(11-16)13-27-22(29)19-9-1-2-10-20(19)23(27)30/h1-12H,13-14H2,(H,26,28)(H2,25,32,33). The van der Waals surface area contributed by atoms with E-state index in [1.54, 1.807) is 36.4 Å². The number of sulfonamides is 1. The van der Waals surface area contributed by atoms with Crippen LogP contribution in [0.4, 0.5) is 5.69 Å². The lowest BCUT2D eigenvalue weighted by Crippen LogP contribution is -2.29. The number of fused-ring (bicyclic) bond motifs is 1. The highest BCUT2D eigenvalue weighted by molar-refractivity contribution is 7.89. The summed E-state index contributed by atoms with van der Waals surface area (Å²) in [7, 11) is -3.94. The first-order valence-electron chi connectivity index (χ1n) is 10.3. The van der Waals surface area contributed by atoms with Crippen LogP contribution in [0.1, 0.15) is 36.6 Å². The van der Waals surface area contributed by atoms with E-state index in [2.05, 4.69) is 5.32 Å². The molecule has 10 nitrogen and oxygen atoms in total. The van der Waals surface area contributed by atoms with Gasteiger partial charge in [-0.15, -0.1) is 0 Å². The van der Waals surface area contributed by atoms with E-state index in [9.17, 15) is 27.6 Å². The summed E-state index contributed by atoms with van der Waals surface area (Å²) >= 11 is 0. The number of nitrogens with zero attached hydrogens (tertiary/aromatic N) is 1. The highest BCUT2D eigenvalue weighted by atomic mass is 32.2. The molecule has 3 amide bonds. The number of nitrogens with two attached hydrogens (primary N) is 1. The number of hydrogen-bond acceptors (Lipinski definition) is 7. The van der Waals surface area contributed by atoms with Gasteiger partial charge in [-0.3, -0.25) is 19.3 Å². The van der Waals surface area contributed by atoms with Crippen molar-refractivity contribution in [2.24, 2.45) is 5.14 Å². The molecule has 11 heteroatoms. The zero-order chi connectivity index (χ0) is 25.2. The summed E-state index contributed by atoms with van der Waals surface area (Å²) in [5.74, 6) is -2.31. The van der Waals surface area contributed by atoms with Gasteiger partial charge in [0.05, 0.1) is 28.1 Å². The number of carbonyl (C=O) groups excluding carboxylic acids is 4. The van der Waals surface area contributed by atoms with Gasteiger partial charge in [-0.25, -0.2) is 18.4 Å². The highest BCUT2D eigenvalue weighted by Crippen LogP contribution is 2.24. The third-order valence-corrected chi connectivity index (χ3v) is 6.07. The Balaban J connectivity index is 1.37. The summed E-state index contributed by atoms with van der Waals surface area (Å²) in [6.45, 7) is -0.657. The molecular weight excluding hydrogens is 474 g/mol. The number of nitrogens with one attached hydrogen (secondary N) is 1. The van der Waals surface area contributed by atoms with Crippen molar-refractivity contribution in [2.75, 3.05) is 11.9 Å². The molecule has 0 aliphatic carbocycles. The van der Waals surface area contributed by atoms with Crippen molar-refractivity contribution >= 4 is 39.4 Å². The van der Waals surface area contributed by atoms with Crippen LogP contribution in [0.5, 0.6) is 0 Å². The van der Waals surface area contributed by atoms with Gasteiger partial charge in [-0.2, -0.15) is 0 Å². The van der Waals surface area contributed by atoms with Crippen LogP contribution in [0, 0.1) is 0 Å². The maximum atomic E-state index is 12.6. The Morgan fingerprint density at radius 3 is 2.20 bits per heavy atom. The molecule has 35 heavy (non-hydrogen) atoms. The maximum absolute atomic E-state index is 12.6. The van der Waals surface area contributed by atoms with Crippen molar-refractivity contribution in [3.8, 4) is 0 Å². The first-order valence-corrected chi connectivity index (χ1v) is 11.8. The topological polar surface area (TPSA) is 153 Å². The van der Waals surface area contributed by atoms with Crippen LogP contribution in [0.25, 0.3) is 0 Å². The van der Waals surface area contributed by atoms with E-state index >= 15 is 0 Å². The average Bonchev–Trinajstić information content (AvgIpc) is 3.07. The van der Waals surface area contributed by atoms with Gasteiger partial charge in [0.25, 0.3) is 17.7 Å². The molecule has 4 rings (SSSR count). The molecule has 1 aliphatic rings. The predicted molar refractivity (Wildman–Crippen MR) is 124 cm³/mol. The lowest BCUT2D eigenvalue weighted by molar-refractivity contribution is -0.119. The number of imide groups is 1. The van der Waals surface area contributed by atoms with Crippen LogP contribution in [0.2, 0.25) is 0 Å². The summed E-state index contributed by atoms with van der Waals surface area (Å²) in [6, 6.07) is 18.0. The Morgan fingerprint density at radius 2 is 1.54 bits per heavy atom. The van der Waals surface area contributed by atoms with E-state index in [1.165, 1.54) is 36.4 Å². The zero-order valence-corrected chi connectivity index (χ0v) is 18.9. The number of benzene rings is 3. The number of esters is 1. The molecular formula is C24H19N3O7S. The maximum Gasteiger partial charge on any atom is 0.338 e. The van der Waals surface area contributed by atoms with Gasteiger partial charge in [0, 0.05) is 5.69 Å². The number of amides is 3. The summed E-state index contributed by atoms with van der Waals surface area (Å²) < 4.78 is 27.9. The molecule has 0 bridgehead atoms. The van der Waals surface area contributed by atoms with Gasteiger partial charge in [-0.1, -0.05) is 30.3 Å². The molecule has 0 fully saturated rings. The molecule has 0 spiro atoms. The van der Waals surface area contributed by atoms with Crippen LogP contribution < -0.4 is 10.5 Å². The van der Waals surface area contributed by atoms with Gasteiger partial charge < -0.3 is 10.1 Å². The quantitative estimate of drug-likeness (QED) is 0.377. The second-order valence-corrected chi connectivity index (χ2v) is 9.20. The van der Waals surface area contributed by atoms with E-state index < -0.39 is 40.3 Å². The van der Waals surface area contributed by atoms with Crippen molar-refractivity contribution in [1.82, 2.24) is 4.90 Å². The van der Waals surface area contributed by atoms with Crippen LogP contribution in [0.15, 0.2) is 77.7 Å². The molecule has 0 aromatic heterocycles. The summed E-state index contributed by atoms with van der Waals surface area (Å²) in [5, 5.41) is 7.49. The van der Waals surface area contributed by atoms with Gasteiger partial charge in [0.2, 0.25) is 10.0 Å². The van der Waals surface area contributed by atoms with Crippen LogP contribution in [-0.4, -0.2) is 43.6 Å². The molecule has 0 radical (unpaired) electrons. The molecule has 0 atom stereocenters. The second-order valence-electron chi connectivity index (χ2n) is 7.64. The lowest BCUT2D eigenvalue weighted by atomic mass is 10.1. The Morgan fingerprint density at radius 1 is 0.886 bits per heavy atom. The third-order valence-electron chi connectivity index (χ3n) is 5.16. The number of anilines is 1. The number of rotatable bonds is 7. The first-order chi connectivity index (χ1) is 16.6. The fraction of sp³-hybridized carbons (Fsp3) is 0.0833. The van der Waals surface area contributed by atoms with Crippen molar-refractivity contribution < 1.29 is 32.3 Å². The summed E-state index contributed by atoms with van der Waals surface area (Å²) in [4.78, 5) is 50.6. The highest BCUT2D eigenvalue weighted by Gasteiger charge is 2.35. The molecule has 0 unspecified atom stereocenters. The van der Waals surface area contributed by atoms with Gasteiger partial charge in [0.1, 0.15) is 0 Å². The van der Waals surface area contributed by atoms with Crippen molar-refractivity contribution in [3.05, 3.63) is 95.1 Å². The van der Waals surface area contributed by atoms with Gasteiger partial charge in [-0.05, 0) is 48.0 Å². The van der Waals surface area contributed by atoms with Gasteiger partial charge in [0.15, 0.2) is 6.61 Å². The normalized spacial score (nSPS) is 12.9. The van der Waals surface area contributed by atoms with Crippen molar-refractivity contribution in [3.63, 3.8) is 0 Å². The van der Waals surface area contributed by atoms with Gasteiger partial charge >= 0.3 is 5.97 Å². The Kier molecular flexibility index (Phi) is 6.45. The monoisotopic (exact) mass is 493 g/mol. The van der Waals surface area contributed by atoms with Crippen molar-refractivity contribution in [1.29, 1.82) is 0 Å². The second kappa shape index (κ2) is 9.49. The minimum absolute atomic E-state index is 0.0334. The van der Waals surface area contributed by atoms with Crippen LogP contribution in [-0.2, 0) is 26.1 Å². The molecule has 3 aromatic rings. The Bertz CT molecular complexity index is 1430. The molecule has 0 saturated carbocycles. The number of primary sulfonamides is 1. The minimum Gasteiger partial charge on any atom is -0.452 e. The largest absolute Gasteiger partial charge is 0.452 e. The van der Waals surface area contributed by atoms with Crippen LogP contribution in [0.3, 0.4) is 0 Å². The predicted octanol–water partition coefficient (Wildman–Crippen LogP) is 1.93. The first kappa shape index (κ1) is 23.8. The molecule has 0 saturated heterocycles. The third kappa shape index (κ3) is 5.26. The zero-order valence-electron chi connectivity index (χ0n) is 18.1. The molecule has 178 valence electrons. The fourth-order valence-electron chi connectivity index (χ4n) is 3.52. The number of ether oxygens (including phenoxy) is 1. The van der Waals surface area contributed by atoms with E-state index in [0.29, 0.717) is 16.7 Å². The lowest BCUT2D eigenvalue weighted by Gasteiger charge is -2.14. The Hall–Kier alpha value is -4.35. The molecule has 1 heterocycles. The smallest absolute Gasteiger partial charge is 0.338 e. The van der Waals surface area contributed by atoms with E-state index in [0.717, 1.165) is 4.90 Å². The molecule has 1 aliphatic heterocycles. The molecule has 3 aromatic carbocycles. The van der Waals surface area contributed by atoms with Crippen molar-refractivity contribution in [2.45, 2.75) is 11.4 Å². The fourth-order valence-corrected chi connectivity index (χ4v) is 4.08. The molecule has 3 N–H and O–H groups in total. The summed E-state index contributed by atoms with van der Waals surface area (Å²) in [6.07, 6.45) is 0. The summed E-state index contributed by atoms with van der Waals surface area (Å²) in [5.41, 5.74) is 1.48. The van der Waals surface area contributed by atoms with Crippen LogP contribution >= 0.6 is 0 Å². The average molecular weight is 493 g/mol. The number of carbonyl (C=O) groups is 4. The number of hydrogen-bond donors (Lipinski definition) is 2. The van der Waals surface area contributed by atoms with E-state index in [-0.39, 0.29) is 22.7 Å². The van der Waals surface area contributed by atoms with E-state index in [4.69, 9.17) is 9.88 Å². The Labute approximate surface area is 200 Å². The minimum atomic E-state index is -3.94. The SMILES string of the molecule is NS(=O)(=O)c1cccc(NC(=O)COC(=O)c2cccc(CN3C(=O)c4ccccc4C3=O)c2)c1. The van der Waals surface area contributed by atoms with E-state index in [1.807, 2.05) is 0 Å².